The highest BCUT2D eigenvalue weighted by atomic mass is 16.7. The Balaban J connectivity index is 2.26. The van der Waals surface area contributed by atoms with Crippen LogP contribution in [0, 0.1) is 0 Å². The molecule has 0 aliphatic carbocycles. The Morgan fingerprint density at radius 2 is 2.14 bits per heavy atom. The van der Waals surface area contributed by atoms with Crippen LogP contribution in [0.3, 0.4) is 0 Å². The zero-order valence-electron chi connectivity index (χ0n) is 7.52. The normalized spacial score (nSPS) is 18.6. The van der Waals surface area contributed by atoms with Crippen LogP contribution in [0.2, 0.25) is 0 Å². The van der Waals surface area contributed by atoms with E-state index in [2.05, 4.69) is 0 Å². The SMILES string of the molecule is CC(=O)OC1Oc2ccccc2C1=O. The minimum atomic E-state index is -1.11. The first-order chi connectivity index (χ1) is 6.68. The summed E-state index contributed by atoms with van der Waals surface area (Å²) in [6, 6.07) is 6.79. The van der Waals surface area contributed by atoms with Crippen molar-refractivity contribution >= 4 is 11.8 Å². The van der Waals surface area contributed by atoms with Gasteiger partial charge in [0.25, 0.3) is 0 Å². The number of ketones is 1. The molecule has 1 unspecified atom stereocenters. The average molecular weight is 192 g/mol. The van der Waals surface area contributed by atoms with Crippen LogP contribution in [0.1, 0.15) is 17.3 Å². The van der Waals surface area contributed by atoms with Gasteiger partial charge in [-0.3, -0.25) is 9.59 Å². The highest BCUT2D eigenvalue weighted by Crippen LogP contribution is 2.28. The number of ether oxygens (including phenoxy) is 2. The molecule has 4 nitrogen and oxygen atoms in total. The van der Waals surface area contributed by atoms with Crippen molar-refractivity contribution in [3.8, 4) is 5.75 Å². The lowest BCUT2D eigenvalue weighted by molar-refractivity contribution is -0.154. The third-order valence-electron chi connectivity index (χ3n) is 1.87. The van der Waals surface area contributed by atoms with Crippen LogP contribution in [0.25, 0.3) is 0 Å². The molecule has 0 amide bonds. The molecule has 1 aliphatic heterocycles. The summed E-state index contributed by atoms with van der Waals surface area (Å²) < 4.78 is 9.83. The van der Waals surface area contributed by atoms with E-state index in [-0.39, 0.29) is 5.78 Å². The van der Waals surface area contributed by atoms with E-state index in [0.29, 0.717) is 11.3 Å². The van der Waals surface area contributed by atoms with Crippen LogP contribution in [0.15, 0.2) is 24.3 Å². The molecule has 1 aliphatic rings. The number of Topliss-reactive ketones (excluding diaryl/α,β-unsaturated/α-hetero) is 1. The molecule has 0 aromatic heterocycles. The van der Waals surface area contributed by atoms with Gasteiger partial charge in [0.2, 0.25) is 5.78 Å². The third kappa shape index (κ3) is 1.35. The molecule has 1 heterocycles. The maximum absolute atomic E-state index is 11.5. The van der Waals surface area contributed by atoms with Crippen LogP contribution in [-0.4, -0.2) is 18.0 Å². The molecule has 0 N–H and O–H groups in total. The van der Waals surface area contributed by atoms with E-state index >= 15 is 0 Å². The van der Waals surface area contributed by atoms with Crippen molar-refractivity contribution in [3.63, 3.8) is 0 Å². The van der Waals surface area contributed by atoms with Crippen LogP contribution >= 0.6 is 0 Å². The van der Waals surface area contributed by atoms with Crippen molar-refractivity contribution < 1.29 is 19.1 Å². The van der Waals surface area contributed by atoms with Crippen molar-refractivity contribution in [2.75, 3.05) is 0 Å². The molecular formula is C10H8O4. The molecule has 1 atom stereocenters. The van der Waals surface area contributed by atoms with Gasteiger partial charge in [-0.2, -0.15) is 0 Å². The lowest BCUT2D eigenvalue weighted by Gasteiger charge is -2.07. The molecule has 1 aromatic carbocycles. The van der Waals surface area contributed by atoms with E-state index in [4.69, 9.17) is 9.47 Å². The standard InChI is InChI=1S/C10H8O4/c1-6(11)13-10-9(12)7-4-2-3-5-8(7)14-10/h2-5,10H,1H3. The molecule has 72 valence electrons. The Morgan fingerprint density at radius 1 is 1.43 bits per heavy atom. The van der Waals surface area contributed by atoms with Gasteiger partial charge in [0.1, 0.15) is 5.75 Å². The monoisotopic (exact) mass is 192 g/mol. The number of hydrogen-bond acceptors (Lipinski definition) is 4. The number of benzene rings is 1. The lowest BCUT2D eigenvalue weighted by Crippen LogP contribution is -2.26. The van der Waals surface area contributed by atoms with Crippen LogP contribution in [-0.2, 0) is 9.53 Å². The van der Waals surface area contributed by atoms with E-state index in [1.165, 1.54) is 6.92 Å². The Labute approximate surface area is 80.4 Å². The molecule has 0 spiro atoms. The maximum Gasteiger partial charge on any atom is 0.308 e. The van der Waals surface area contributed by atoms with Gasteiger partial charge in [0.05, 0.1) is 5.56 Å². The Morgan fingerprint density at radius 3 is 2.79 bits per heavy atom. The summed E-state index contributed by atoms with van der Waals surface area (Å²) in [4.78, 5) is 22.2. The minimum Gasteiger partial charge on any atom is -0.447 e. The van der Waals surface area contributed by atoms with Gasteiger partial charge in [-0.1, -0.05) is 12.1 Å². The van der Waals surface area contributed by atoms with E-state index < -0.39 is 12.3 Å². The first kappa shape index (κ1) is 8.74. The quantitative estimate of drug-likeness (QED) is 0.626. The lowest BCUT2D eigenvalue weighted by atomic mass is 10.1. The number of carbonyl (C=O) groups excluding carboxylic acids is 2. The number of esters is 1. The Hall–Kier alpha value is -1.84. The van der Waals surface area contributed by atoms with E-state index in [1.807, 2.05) is 0 Å². The van der Waals surface area contributed by atoms with Gasteiger partial charge in [0, 0.05) is 6.92 Å². The van der Waals surface area contributed by atoms with E-state index in [1.54, 1.807) is 24.3 Å². The molecule has 2 rings (SSSR count). The van der Waals surface area contributed by atoms with Gasteiger partial charge >= 0.3 is 12.3 Å². The fraction of sp³-hybridized carbons (Fsp3) is 0.200. The predicted octanol–water partition coefficient (Wildman–Crippen LogP) is 1.15. The summed E-state index contributed by atoms with van der Waals surface area (Å²) in [7, 11) is 0. The molecule has 14 heavy (non-hydrogen) atoms. The van der Waals surface area contributed by atoms with Crippen molar-refractivity contribution in [2.24, 2.45) is 0 Å². The second-order valence-corrected chi connectivity index (χ2v) is 2.92. The third-order valence-corrected chi connectivity index (χ3v) is 1.87. The maximum atomic E-state index is 11.5. The van der Waals surface area contributed by atoms with Crippen LogP contribution in [0.4, 0.5) is 0 Å². The highest BCUT2D eigenvalue weighted by Gasteiger charge is 2.34. The fourth-order valence-corrected chi connectivity index (χ4v) is 1.30. The summed E-state index contributed by atoms with van der Waals surface area (Å²) in [6.45, 7) is 1.24. The fourth-order valence-electron chi connectivity index (χ4n) is 1.30. The molecule has 0 fully saturated rings. The number of carbonyl (C=O) groups is 2. The molecule has 0 bridgehead atoms. The van der Waals surface area contributed by atoms with Gasteiger partial charge in [-0.15, -0.1) is 0 Å². The first-order valence-corrected chi connectivity index (χ1v) is 4.15. The zero-order chi connectivity index (χ0) is 10.1. The van der Waals surface area contributed by atoms with E-state index in [0.717, 1.165) is 0 Å². The van der Waals surface area contributed by atoms with Crippen molar-refractivity contribution in [1.29, 1.82) is 0 Å². The second kappa shape index (κ2) is 3.14. The number of rotatable bonds is 1. The van der Waals surface area contributed by atoms with Gasteiger partial charge in [-0.25, -0.2) is 0 Å². The van der Waals surface area contributed by atoms with Gasteiger partial charge < -0.3 is 9.47 Å². The summed E-state index contributed by atoms with van der Waals surface area (Å²) in [5.74, 6) is -0.379. The first-order valence-electron chi connectivity index (χ1n) is 4.15. The summed E-state index contributed by atoms with van der Waals surface area (Å²) in [5.41, 5.74) is 0.457. The molecular weight excluding hydrogens is 184 g/mol. The van der Waals surface area contributed by atoms with Crippen molar-refractivity contribution in [2.45, 2.75) is 13.2 Å². The molecule has 0 radical (unpaired) electrons. The average Bonchev–Trinajstić information content (AvgIpc) is 2.44. The van der Waals surface area contributed by atoms with Crippen LogP contribution < -0.4 is 4.74 Å². The zero-order valence-corrected chi connectivity index (χ0v) is 7.52. The Bertz CT molecular complexity index is 397. The number of para-hydroxylation sites is 1. The highest BCUT2D eigenvalue weighted by molar-refractivity contribution is 6.04. The molecule has 4 heteroatoms. The minimum absolute atomic E-state index is 0.309. The van der Waals surface area contributed by atoms with Crippen molar-refractivity contribution in [3.05, 3.63) is 29.8 Å². The smallest absolute Gasteiger partial charge is 0.308 e. The molecule has 1 aromatic rings. The number of fused-ring (bicyclic) bond motifs is 1. The molecule has 0 saturated heterocycles. The van der Waals surface area contributed by atoms with Gasteiger partial charge in [0.15, 0.2) is 0 Å². The summed E-state index contributed by atoms with van der Waals surface area (Å²) in [6.07, 6.45) is -1.11. The van der Waals surface area contributed by atoms with Gasteiger partial charge in [-0.05, 0) is 12.1 Å². The summed E-state index contributed by atoms with van der Waals surface area (Å²) in [5, 5.41) is 0. The summed E-state index contributed by atoms with van der Waals surface area (Å²) >= 11 is 0. The number of hydrogen-bond donors (Lipinski definition) is 0. The molecule has 0 saturated carbocycles. The Kier molecular flexibility index (Phi) is 1.96. The van der Waals surface area contributed by atoms with Crippen molar-refractivity contribution in [1.82, 2.24) is 0 Å². The topological polar surface area (TPSA) is 52.6 Å². The largest absolute Gasteiger partial charge is 0.447 e. The second-order valence-electron chi connectivity index (χ2n) is 2.92. The van der Waals surface area contributed by atoms with Crippen LogP contribution in [0.5, 0.6) is 5.75 Å². The predicted molar refractivity (Wildman–Crippen MR) is 47.0 cm³/mol. The van der Waals surface area contributed by atoms with E-state index in [9.17, 15) is 9.59 Å².